The van der Waals surface area contributed by atoms with Gasteiger partial charge in [-0.15, -0.1) is 0 Å². The second kappa shape index (κ2) is 8.11. The lowest BCUT2D eigenvalue weighted by Crippen LogP contribution is -2.22. The Bertz CT molecular complexity index is 1340. The van der Waals surface area contributed by atoms with Gasteiger partial charge in [-0.1, -0.05) is 18.2 Å². The van der Waals surface area contributed by atoms with Gasteiger partial charge in [0, 0.05) is 3.57 Å². The average Bonchev–Trinajstić information content (AvgIpc) is 2.74. The number of phenolic OH excluding ortho intramolecular Hbond substituents is 1. The highest BCUT2D eigenvalue weighted by Crippen LogP contribution is 2.19. The van der Waals surface area contributed by atoms with E-state index in [-0.39, 0.29) is 16.9 Å². The average molecular weight is 510 g/mol. The fourth-order valence-electron chi connectivity index (χ4n) is 3.05. The SMILES string of the molecule is O=C(O)c1ccc(-n2c(/C=C/c3ccc(O)cc3)nc3ccc(I)cc3c2=O)cc1. The molecule has 148 valence electrons. The summed E-state index contributed by atoms with van der Waals surface area (Å²) in [4.78, 5) is 29.1. The van der Waals surface area contributed by atoms with Crippen molar-refractivity contribution in [2.75, 3.05) is 0 Å². The van der Waals surface area contributed by atoms with Crippen LogP contribution >= 0.6 is 22.6 Å². The molecule has 1 heterocycles. The molecule has 7 heteroatoms. The van der Waals surface area contributed by atoms with E-state index in [4.69, 9.17) is 5.11 Å². The zero-order valence-electron chi connectivity index (χ0n) is 15.5. The molecule has 0 bridgehead atoms. The van der Waals surface area contributed by atoms with Gasteiger partial charge in [-0.3, -0.25) is 9.36 Å². The number of benzene rings is 3. The second-order valence-electron chi connectivity index (χ2n) is 6.55. The number of hydrogen-bond donors (Lipinski definition) is 2. The molecule has 1 aromatic heterocycles. The number of carboxylic acid groups (broad SMARTS) is 1. The fraction of sp³-hybridized carbons (Fsp3) is 0. The molecule has 0 atom stereocenters. The normalized spacial score (nSPS) is 11.2. The lowest BCUT2D eigenvalue weighted by atomic mass is 10.1. The molecule has 0 radical (unpaired) electrons. The van der Waals surface area contributed by atoms with Crippen LogP contribution in [0.2, 0.25) is 0 Å². The van der Waals surface area contributed by atoms with Crippen LogP contribution in [0.5, 0.6) is 5.75 Å². The Labute approximate surface area is 184 Å². The van der Waals surface area contributed by atoms with Gasteiger partial charge >= 0.3 is 5.97 Å². The monoisotopic (exact) mass is 510 g/mol. The smallest absolute Gasteiger partial charge is 0.335 e. The van der Waals surface area contributed by atoms with Gasteiger partial charge in [0.1, 0.15) is 11.6 Å². The number of halogens is 1. The first-order valence-electron chi connectivity index (χ1n) is 8.95. The largest absolute Gasteiger partial charge is 0.508 e. The zero-order valence-corrected chi connectivity index (χ0v) is 17.6. The van der Waals surface area contributed by atoms with Crippen molar-refractivity contribution in [2.24, 2.45) is 0 Å². The highest BCUT2D eigenvalue weighted by molar-refractivity contribution is 14.1. The Morgan fingerprint density at radius 3 is 2.33 bits per heavy atom. The van der Waals surface area contributed by atoms with E-state index in [0.717, 1.165) is 9.13 Å². The van der Waals surface area contributed by atoms with Crippen LogP contribution in [0.4, 0.5) is 0 Å². The summed E-state index contributed by atoms with van der Waals surface area (Å²) in [6.45, 7) is 0. The highest BCUT2D eigenvalue weighted by atomic mass is 127. The van der Waals surface area contributed by atoms with Gasteiger partial charge in [0.05, 0.1) is 22.2 Å². The molecule has 0 saturated carbocycles. The van der Waals surface area contributed by atoms with E-state index in [2.05, 4.69) is 27.6 Å². The quantitative estimate of drug-likeness (QED) is 0.393. The topological polar surface area (TPSA) is 92.4 Å². The minimum absolute atomic E-state index is 0.135. The van der Waals surface area contributed by atoms with E-state index in [0.29, 0.717) is 22.4 Å². The number of hydrogen-bond acceptors (Lipinski definition) is 4. The van der Waals surface area contributed by atoms with Crippen molar-refractivity contribution >= 4 is 51.6 Å². The van der Waals surface area contributed by atoms with Crippen LogP contribution in [0.1, 0.15) is 21.7 Å². The minimum Gasteiger partial charge on any atom is -0.508 e. The molecule has 0 aliphatic rings. The second-order valence-corrected chi connectivity index (χ2v) is 7.79. The summed E-state index contributed by atoms with van der Waals surface area (Å²) in [6.07, 6.45) is 3.51. The predicted molar refractivity (Wildman–Crippen MR) is 124 cm³/mol. The number of aromatic carboxylic acids is 1. The highest BCUT2D eigenvalue weighted by Gasteiger charge is 2.12. The van der Waals surface area contributed by atoms with E-state index in [1.165, 1.54) is 16.7 Å². The Morgan fingerprint density at radius 2 is 1.67 bits per heavy atom. The van der Waals surface area contributed by atoms with Gasteiger partial charge < -0.3 is 10.2 Å². The van der Waals surface area contributed by atoms with E-state index in [1.54, 1.807) is 60.7 Å². The third-order valence-corrected chi connectivity index (χ3v) is 5.22. The number of aromatic nitrogens is 2. The maximum atomic E-state index is 13.3. The van der Waals surface area contributed by atoms with Crippen molar-refractivity contribution in [1.82, 2.24) is 9.55 Å². The summed E-state index contributed by atoms with van der Waals surface area (Å²) >= 11 is 2.14. The van der Waals surface area contributed by atoms with E-state index < -0.39 is 5.97 Å². The maximum Gasteiger partial charge on any atom is 0.335 e. The van der Waals surface area contributed by atoms with Crippen molar-refractivity contribution in [3.8, 4) is 11.4 Å². The Hall–Kier alpha value is -3.46. The third kappa shape index (κ3) is 3.97. The van der Waals surface area contributed by atoms with Crippen LogP contribution in [0.25, 0.3) is 28.7 Å². The standard InChI is InChI=1S/C23H15IN2O4/c24-16-6-11-20-19(13-16)22(28)26(17-7-4-15(5-8-17)23(29)30)21(25-20)12-3-14-1-9-18(27)10-2-14/h1-13,27H,(H,29,30)/b12-3+. The first-order chi connectivity index (χ1) is 14.4. The van der Waals surface area contributed by atoms with Gasteiger partial charge in [-0.25, -0.2) is 9.78 Å². The van der Waals surface area contributed by atoms with Crippen LogP contribution in [0.3, 0.4) is 0 Å². The summed E-state index contributed by atoms with van der Waals surface area (Å²) in [6, 6.07) is 18.2. The van der Waals surface area contributed by atoms with Crippen LogP contribution in [-0.2, 0) is 0 Å². The lowest BCUT2D eigenvalue weighted by molar-refractivity contribution is 0.0697. The lowest BCUT2D eigenvalue weighted by Gasteiger charge is -2.12. The predicted octanol–water partition coefficient (Wildman–Crippen LogP) is 4.56. The number of carboxylic acids is 1. The Kier molecular flexibility index (Phi) is 5.37. The maximum absolute atomic E-state index is 13.3. The molecule has 6 nitrogen and oxygen atoms in total. The van der Waals surface area contributed by atoms with Crippen LogP contribution < -0.4 is 5.56 Å². The number of fused-ring (bicyclic) bond motifs is 1. The third-order valence-electron chi connectivity index (χ3n) is 4.55. The zero-order chi connectivity index (χ0) is 21.3. The van der Waals surface area contributed by atoms with Crippen LogP contribution in [0.15, 0.2) is 71.5 Å². The Balaban J connectivity index is 1.92. The molecule has 3 aromatic carbocycles. The van der Waals surface area contributed by atoms with Gasteiger partial charge in [-0.05, 0) is 88.8 Å². The molecule has 4 aromatic rings. The number of carbonyl (C=O) groups is 1. The van der Waals surface area contributed by atoms with E-state index >= 15 is 0 Å². The molecule has 0 fully saturated rings. The van der Waals surface area contributed by atoms with E-state index in [9.17, 15) is 14.7 Å². The molecule has 2 N–H and O–H groups in total. The van der Waals surface area contributed by atoms with Gasteiger partial charge in [0.2, 0.25) is 0 Å². The van der Waals surface area contributed by atoms with Crippen molar-refractivity contribution in [3.05, 3.63) is 97.6 Å². The number of rotatable bonds is 4. The molecule has 4 rings (SSSR count). The number of phenols is 1. The number of aromatic hydroxyl groups is 1. The van der Waals surface area contributed by atoms with Gasteiger partial charge in [0.25, 0.3) is 5.56 Å². The molecule has 0 unspecified atom stereocenters. The first kappa shape index (κ1) is 19.8. The molecule has 0 aliphatic heterocycles. The van der Waals surface area contributed by atoms with Crippen molar-refractivity contribution in [2.45, 2.75) is 0 Å². The van der Waals surface area contributed by atoms with Crippen molar-refractivity contribution in [1.29, 1.82) is 0 Å². The summed E-state index contributed by atoms with van der Waals surface area (Å²) in [5, 5.41) is 19.1. The number of nitrogens with zero attached hydrogens (tertiary/aromatic N) is 2. The minimum atomic E-state index is -1.03. The van der Waals surface area contributed by atoms with Gasteiger partial charge in [-0.2, -0.15) is 0 Å². The molecule has 0 spiro atoms. The summed E-state index contributed by atoms with van der Waals surface area (Å²) in [5.74, 6) is -0.460. The summed E-state index contributed by atoms with van der Waals surface area (Å²) in [5.41, 5.74) is 1.81. The summed E-state index contributed by atoms with van der Waals surface area (Å²) in [7, 11) is 0. The van der Waals surface area contributed by atoms with Crippen molar-refractivity contribution in [3.63, 3.8) is 0 Å². The molecule has 0 amide bonds. The first-order valence-corrected chi connectivity index (χ1v) is 10.0. The fourth-order valence-corrected chi connectivity index (χ4v) is 3.54. The van der Waals surface area contributed by atoms with Gasteiger partial charge in [0.15, 0.2) is 0 Å². The van der Waals surface area contributed by atoms with E-state index in [1.807, 2.05) is 6.07 Å². The molecule has 30 heavy (non-hydrogen) atoms. The molecule has 0 saturated heterocycles. The van der Waals surface area contributed by atoms with Crippen molar-refractivity contribution < 1.29 is 15.0 Å². The Morgan fingerprint density at radius 1 is 0.967 bits per heavy atom. The van der Waals surface area contributed by atoms with Crippen LogP contribution in [0, 0.1) is 3.57 Å². The van der Waals surface area contributed by atoms with Crippen LogP contribution in [-0.4, -0.2) is 25.7 Å². The molecular formula is C23H15IN2O4. The molecular weight excluding hydrogens is 495 g/mol. The molecule has 0 aliphatic carbocycles. The summed E-state index contributed by atoms with van der Waals surface area (Å²) < 4.78 is 2.38.